The van der Waals surface area contributed by atoms with Crippen molar-refractivity contribution in [3.63, 3.8) is 0 Å². The molecule has 1 heterocycles. The van der Waals surface area contributed by atoms with Crippen molar-refractivity contribution in [3.8, 4) is 0 Å². The van der Waals surface area contributed by atoms with Crippen LogP contribution in [0.3, 0.4) is 0 Å². The first-order valence-electron chi connectivity index (χ1n) is 7.51. The van der Waals surface area contributed by atoms with Crippen molar-refractivity contribution in [2.45, 2.75) is 26.3 Å². The van der Waals surface area contributed by atoms with Gasteiger partial charge in [0.25, 0.3) is 0 Å². The third kappa shape index (κ3) is 4.84. The summed E-state index contributed by atoms with van der Waals surface area (Å²) in [6.45, 7) is 8.58. The lowest BCUT2D eigenvalue weighted by atomic mass is 10.1. The molecule has 0 spiro atoms. The average molecular weight is 291 g/mol. The second-order valence-electron chi connectivity index (χ2n) is 5.06. The number of benzene rings is 1. The summed E-state index contributed by atoms with van der Waals surface area (Å²) in [6, 6.07) is 11.2. The lowest BCUT2D eigenvalue weighted by Gasteiger charge is -2.16. The lowest BCUT2D eigenvalue weighted by Crippen LogP contribution is -2.30. The van der Waals surface area contributed by atoms with Crippen LogP contribution in [0.4, 0.5) is 0 Å². The van der Waals surface area contributed by atoms with Gasteiger partial charge in [0.05, 0.1) is 6.54 Å². The van der Waals surface area contributed by atoms with Gasteiger partial charge in [-0.05, 0) is 25.1 Å². The molecule has 0 saturated carbocycles. The number of likely N-dealkylation sites (N-methyl/N-ethyl adjacent to an activating group) is 1. The summed E-state index contributed by atoms with van der Waals surface area (Å²) in [4.78, 5) is 7.09. The Morgan fingerprint density at radius 2 is 2.00 bits per heavy atom. The van der Waals surface area contributed by atoms with Crippen molar-refractivity contribution in [2.75, 3.05) is 31.9 Å². The Morgan fingerprint density at radius 3 is 2.70 bits per heavy atom. The Hall–Kier alpha value is -1.00. The van der Waals surface area contributed by atoms with E-state index in [1.165, 1.54) is 5.56 Å². The SMILES string of the molecule is CCN(CC)CCN=C1NC(Cc2ccccc2)CS1. The number of aliphatic imine (C=N–C) groups is 1. The maximum atomic E-state index is 4.68. The predicted molar refractivity (Wildman–Crippen MR) is 89.6 cm³/mol. The highest BCUT2D eigenvalue weighted by atomic mass is 32.2. The minimum Gasteiger partial charge on any atom is -0.361 e. The second kappa shape index (κ2) is 8.32. The summed E-state index contributed by atoms with van der Waals surface area (Å²) >= 11 is 1.86. The number of hydrogen-bond acceptors (Lipinski definition) is 3. The van der Waals surface area contributed by atoms with Crippen LogP contribution >= 0.6 is 11.8 Å². The molecule has 2 rings (SSSR count). The van der Waals surface area contributed by atoms with Crippen LogP contribution in [-0.2, 0) is 6.42 Å². The van der Waals surface area contributed by atoms with Crippen molar-refractivity contribution in [3.05, 3.63) is 35.9 Å². The standard InChI is InChI=1S/C16H25N3S/c1-3-19(4-2)11-10-17-16-18-15(13-20-16)12-14-8-6-5-7-9-14/h5-9,15H,3-4,10-13H2,1-2H3,(H,17,18). The van der Waals surface area contributed by atoms with E-state index in [0.717, 1.165) is 43.5 Å². The first-order valence-corrected chi connectivity index (χ1v) is 8.50. The van der Waals surface area contributed by atoms with Crippen molar-refractivity contribution in [1.29, 1.82) is 0 Å². The topological polar surface area (TPSA) is 27.6 Å². The van der Waals surface area contributed by atoms with Crippen molar-refractivity contribution in [2.24, 2.45) is 4.99 Å². The molecular weight excluding hydrogens is 266 g/mol. The van der Waals surface area contributed by atoms with E-state index in [2.05, 4.69) is 59.4 Å². The van der Waals surface area contributed by atoms with E-state index in [9.17, 15) is 0 Å². The summed E-state index contributed by atoms with van der Waals surface area (Å²) in [5, 5.41) is 4.67. The first kappa shape index (κ1) is 15.4. The molecule has 110 valence electrons. The Morgan fingerprint density at radius 1 is 1.25 bits per heavy atom. The number of rotatable bonds is 7. The fourth-order valence-corrected chi connectivity index (χ4v) is 3.36. The summed E-state index contributed by atoms with van der Waals surface area (Å²) in [6.07, 6.45) is 1.09. The fourth-order valence-electron chi connectivity index (χ4n) is 2.37. The molecule has 0 radical (unpaired) electrons. The first-order chi connectivity index (χ1) is 9.81. The summed E-state index contributed by atoms with van der Waals surface area (Å²) in [5.74, 6) is 1.12. The van der Waals surface area contributed by atoms with Gasteiger partial charge in [0.15, 0.2) is 5.17 Å². The maximum absolute atomic E-state index is 4.68. The van der Waals surface area contributed by atoms with Crippen LogP contribution < -0.4 is 5.32 Å². The van der Waals surface area contributed by atoms with Crippen LogP contribution in [0.5, 0.6) is 0 Å². The van der Waals surface area contributed by atoms with Crippen LogP contribution in [0.1, 0.15) is 19.4 Å². The lowest BCUT2D eigenvalue weighted by molar-refractivity contribution is 0.313. The molecule has 3 nitrogen and oxygen atoms in total. The van der Waals surface area contributed by atoms with E-state index >= 15 is 0 Å². The van der Waals surface area contributed by atoms with Gasteiger partial charge in [-0.25, -0.2) is 0 Å². The predicted octanol–water partition coefficient (Wildman–Crippen LogP) is 2.63. The highest BCUT2D eigenvalue weighted by Gasteiger charge is 2.20. The van der Waals surface area contributed by atoms with Crippen LogP contribution in [0.2, 0.25) is 0 Å². The average Bonchev–Trinajstić information content (AvgIpc) is 2.92. The maximum Gasteiger partial charge on any atom is 0.156 e. The number of thioether (sulfide) groups is 1. The molecule has 1 aromatic carbocycles. The highest BCUT2D eigenvalue weighted by molar-refractivity contribution is 8.14. The number of hydrogen-bond donors (Lipinski definition) is 1. The molecule has 1 aromatic rings. The zero-order chi connectivity index (χ0) is 14.2. The van der Waals surface area contributed by atoms with E-state index in [0.29, 0.717) is 6.04 Å². The third-order valence-corrected chi connectivity index (χ3v) is 4.73. The smallest absolute Gasteiger partial charge is 0.156 e. The van der Waals surface area contributed by atoms with E-state index in [1.54, 1.807) is 0 Å². The molecular formula is C16H25N3S. The molecule has 0 amide bonds. The number of nitrogens with zero attached hydrogens (tertiary/aromatic N) is 2. The molecule has 1 saturated heterocycles. The zero-order valence-electron chi connectivity index (χ0n) is 12.5. The molecule has 1 unspecified atom stereocenters. The Balaban J connectivity index is 1.74. The molecule has 0 bridgehead atoms. The van der Waals surface area contributed by atoms with Crippen LogP contribution in [0, 0.1) is 0 Å². The van der Waals surface area contributed by atoms with Gasteiger partial charge in [-0.1, -0.05) is 55.9 Å². The number of amidine groups is 1. The highest BCUT2D eigenvalue weighted by Crippen LogP contribution is 2.17. The molecule has 1 aliphatic rings. The molecule has 1 fully saturated rings. The molecule has 0 aliphatic carbocycles. The molecule has 4 heteroatoms. The second-order valence-corrected chi connectivity index (χ2v) is 6.06. The van der Waals surface area contributed by atoms with Crippen LogP contribution in [0.25, 0.3) is 0 Å². The van der Waals surface area contributed by atoms with Crippen molar-refractivity contribution >= 4 is 16.9 Å². The van der Waals surface area contributed by atoms with Gasteiger partial charge >= 0.3 is 0 Å². The zero-order valence-corrected chi connectivity index (χ0v) is 13.3. The van der Waals surface area contributed by atoms with Gasteiger partial charge in [-0.15, -0.1) is 0 Å². The molecule has 1 aliphatic heterocycles. The summed E-state index contributed by atoms with van der Waals surface area (Å²) in [7, 11) is 0. The molecule has 20 heavy (non-hydrogen) atoms. The molecule has 0 aromatic heterocycles. The fraction of sp³-hybridized carbons (Fsp3) is 0.562. The third-order valence-electron chi connectivity index (χ3n) is 3.64. The Bertz CT molecular complexity index is 415. The number of nitrogens with one attached hydrogen (secondary N) is 1. The summed E-state index contributed by atoms with van der Waals surface area (Å²) in [5.41, 5.74) is 1.40. The minimum atomic E-state index is 0.523. The summed E-state index contributed by atoms with van der Waals surface area (Å²) < 4.78 is 0. The monoisotopic (exact) mass is 291 g/mol. The van der Waals surface area contributed by atoms with Gasteiger partial charge in [-0.3, -0.25) is 4.99 Å². The van der Waals surface area contributed by atoms with Gasteiger partial charge in [0.2, 0.25) is 0 Å². The van der Waals surface area contributed by atoms with E-state index in [4.69, 9.17) is 0 Å². The van der Waals surface area contributed by atoms with Gasteiger partial charge in [-0.2, -0.15) is 0 Å². The van der Waals surface area contributed by atoms with E-state index < -0.39 is 0 Å². The largest absolute Gasteiger partial charge is 0.361 e. The molecule has 1 N–H and O–H groups in total. The van der Waals surface area contributed by atoms with E-state index in [1.807, 2.05) is 11.8 Å². The van der Waals surface area contributed by atoms with Gasteiger partial charge in [0, 0.05) is 18.3 Å². The van der Waals surface area contributed by atoms with Gasteiger partial charge < -0.3 is 10.2 Å². The molecule has 1 atom stereocenters. The quantitative estimate of drug-likeness (QED) is 0.837. The van der Waals surface area contributed by atoms with Crippen LogP contribution in [-0.4, -0.2) is 48.0 Å². The van der Waals surface area contributed by atoms with Crippen molar-refractivity contribution in [1.82, 2.24) is 10.2 Å². The van der Waals surface area contributed by atoms with Gasteiger partial charge in [0.1, 0.15) is 0 Å². The normalized spacial score (nSPS) is 20.6. The van der Waals surface area contributed by atoms with Crippen molar-refractivity contribution < 1.29 is 0 Å². The minimum absolute atomic E-state index is 0.523. The van der Waals surface area contributed by atoms with E-state index in [-0.39, 0.29) is 0 Å². The van der Waals surface area contributed by atoms with Crippen LogP contribution in [0.15, 0.2) is 35.3 Å². The Kier molecular flexibility index (Phi) is 6.40. The Labute approximate surface area is 126 Å².